The van der Waals surface area contributed by atoms with Crippen LogP contribution in [0.3, 0.4) is 0 Å². The van der Waals surface area contributed by atoms with Crippen molar-refractivity contribution in [2.24, 2.45) is 0 Å². The molecule has 1 nitrogen and oxygen atoms in total. The molecule has 1 fully saturated rings. The maximum atomic E-state index is 5.44. The molecular formula is C10H18ClNS. The molecule has 0 heterocycles. The van der Waals surface area contributed by atoms with Gasteiger partial charge in [-0.25, -0.2) is 0 Å². The first-order valence-electron chi connectivity index (χ1n) is 4.88. The summed E-state index contributed by atoms with van der Waals surface area (Å²) in [5.41, 5.74) is 1.58. The second-order valence-corrected chi connectivity index (χ2v) is 4.87. The van der Waals surface area contributed by atoms with Crippen LogP contribution in [0.2, 0.25) is 0 Å². The lowest BCUT2D eigenvalue weighted by molar-refractivity contribution is 0.392. The molecule has 0 aromatic carbocycles. The monoisotopic (exact) mass is 219 g/mol. The molecule has 0 atom stereocenters. The minimum atomic E-state index is 0.719. The molecule has 1 saturated carbocycles. The molecule has 0 aromatic rings. The topological polar surface area (TPSA) is 12.0 Å². The SMILES string of the molecule is CSC1CCC(NC/C=C/Cl)CC1. The lowest BCUT2D eigenvalue weighted by Gasteiger charge is -2.27. The Bertz CT molecular complexity index is 153. The van der Waals surface area contributed by atoms with Crippen molar-refractivity contribution in [3.8, 4) is 0 Å². The molecule has 1 rings (SSSR count). The van der Waals surface area contributed by atoms with Gasteiger partial charge in [0.05, 0.1) is 0 Å². The van der Waals surface area contributed by atoms with Crippen LogP contribution in [0.15, 0.2) is 11.6 Å². The van der Waals surface area contributed by atoms with E-state index in [0.717, 1.165) is 17.8 Å². The molecule has 0 aliphatic heterocycles. The molecule has 0 radical (unpaired) electrons. The van der Waals surface area contributed by atoms with Gasteiger partial charge in [0, 0.05) is 23.4 Å². The van der Waals surface area contributed by atoms with E-state index < -0.39 is 0 Å². The predicted molar refractivity (Wildman–Crippen MR) is 62.6 cm³/mol. The standard InChI is InChI=1S/C10H18ClNS/c1-13-10-5-3-9(4-6-10)12-8-2-7-11/h2,7,9-10,12H,3-6,8H2,1H3/b7-2+. The molecule has 1 N–H and O–H groups in total. The molecule has 13 heavy (non-hydrogen) atoms. The number of nitrogens with one attached hydrogen (secondary N) is 1. The zero-order chi connectivity index (χ0) is 9.52. The van der Waals surface area contributed by atoms with Crippen LogP contribution in [0.4, 0.5) is 0 Å². The fraction of sp³-hybridized carbons (Fsp3) is 0.800. The van der Waals surface area contributed by atoms with E-state index in [1.807, 2.05) is 17.8 Å². The zero-order valence-corrected chi connectivity index (χ0v) is 9.70. The Hall–Kier alpha value is 0.340. The third-order valence-corrected chi connectivity index (χ3v) is 3.94. The summed E-state index contributed by atoms with van der Waals surface area (Å²) < 4.78 is 0. The number of thioether (sulfide) groups is 1. The van der Waals surface area contributed by atoms with E-state index in [2.05, 4.69) is 11.6 Å². The quantitative estimate of drug-likeness (QED) is 0.780. The van der Waals surface area contributed by atoms with E-state index in [0.29, 0.717) is 0 Å². The zero-order valence-electron chi connectivity index (χ0n) is 8.13. The average molecular weight is 220 g/mol. The van der Waals surface area contributed by atoms with Crippen LogP contribution in [0.5, 0.6) is 0 Å². The molecule has 0 aromatic heterocycles. The van der Waals surface area contributed by atoms with Crippen molar-refractivity contribution in [3.63, 3.8) is 0 Å². The van der Waals surface area contributed by atoms with Crippen molar-refractivity contribution in [2.45, 2.75) is 37.0 Å². The van der Waals surface area contributed by atoms with Crippen LogP contribution in [0, 0.1) is 0 Å². The summed E-state index contributed by atoms with van der Waals surface area (Å²) in [7, 11) is 0. The Kier molecular flexibility index (Phi) is 5.92. The fourth-order valence-corrected chi connectivity index (χ4v) is 2.61. The van der Waals surface area contributed by atoms with Gasteiger partial charge >= 0.3 is 0 Å². The second-order valence-electron chi connectivity index (χ2n) is 3.48. The summed E-state index contributed by atoms with van der Waals surface area (Å²) in [6.07, 6.45) is 9.55. The van der Waals surface area contributed by atoms with Crippen LogP contribution in [-0.4, -0.2) is 24.1 Å². The number of rotatable bonds is 4. The summed E-state index contributed by atoms with van der Waals surface area (Å²) in [6, 6.07) is 0.719. The number of hydrogen-bond donors (Lipinski definition) is 1. The Morgan fingerprint density at radius 3 is 2.62 bits per heavy atom. The van der Waals surface area contributed by atoms with E-state index in [4.69, 9.17) is 11.6 Å². The highest BCUT2D eigenvalue weighted by molar-refractivity contribution is 7.99. The summed E-state index contributed by atoms with van der Waals surface area (Å²) in [5, 5.41) is 4.39. The summed E-state index contributed by atoms with van der Waals surface area (Å²) in [6.45, 7) is 0.915. The third kappa shape index (κ3) is 4.39. The van der Waals surface area contributed by atoms with Gasteiger partial charge in [-0.2, -0.15) is 11.8 Å². The van der Waals surface area contributed by atoms with E-state index >= 15 is 0 Å². The maximum Gasteiger partial charge on any atom is 0.0149 e. The smallest absolute Gasteiger partial charge is 0.0149 e. The second kappa shape index (κ2) is 6.74. The van der Waals surface area contributed by atoms with Gasteiger partial charge in [-0.3, -0.25) is 0 Å². The van der Waals surface area contributed by atoms with Crippen LogP contribution in [-0.2, 0) is 0 Å². The van der Waals surface area contributed by atoms with E-state index in [9.17, 15) is 0 Å². The Balaban J connectivity index is 2.10. The summed E-state index contributed by atoms with van der Waals surface area (Å²) >= 11 is 7.45. The number of hydrogen-bond acceptors (Lipinski definition) is 2. The molecule has 0 spiro atoms. The Labute approximate surface area is 90.3 Å². The average Bonchev–Trinajstić information content (AvgIpc) is 2.19. The van der Waals surface area contributed by atoms with Gasteiger partial charge in [-0.15, -0.1) is 0 Å². The van der Waals surface area contributed by atoms with Crippen molar-refractivity contribution in [1.29, 1.82) is 0 Å². The normalized spacial score (nSPS) is 29.7. The van der Waals surface area contributed by atoms with Crippen LogP contribution >= 0.6 is 23.4 Å². The van der Waals surface area contributed by atoms with Gasteiger partial charge in [0.2, 0.25) is 0 Å². The largest absolute Gasteiger partial charge is 0.310 e. The van der Waals surface area contributed by atoms with Gasteiger partial charge in [0.15, 0.2) is 0 Å². The molecule has 0 unspecified atom stereocenters. The Morgan fingerprint density at radius 1 is 1.38 bits per heavy atom. The third-order valence-electron chi connectivity index (χ3n) is 2.62. The molecule has 1 aliphatic carbocycles. The maximum absolute atomic E-state index is 5.44. The lowest BCUT2D eigenvalue weighted by atomic mass is 9.95. The van der Waals surface area contributed by atoms with E-state index in [1.54, 1.807) is 5.54 Å². The molecule has 0 saturated heterocycles. The predicted octanol–water partition coefficient (Wildman–Crippen LogP) is 3.00. The summed E-state index contributed by atoms with van der Waals surface area (Å²) in [4.78, 5) is 0. The minimum absolute atomic E-state index is 0.719. The summed E-state index contributed by atoms with van der Waals surface area (Å²) in [5.74, 6) is 0. The van der Waals surface area contributed by atoms with Crippen molar-refractivity contribution in [3.05, 3.63) is 11.6 Å². The van der Waals surface area contributed by atoms with Crippen molar-refractivity contribution in [2.75, 3.05) is 12.8 Å². The highest BCUT2D eigenvalue weighted by Crippen LogP contribution is 2.26. The first-order valence-corrected chi connectivity index (χ1v) is 6.60. The van der Waals surface area contributed by atoms with Crippen molar-refractivity contribution < 1.29 is 0 Å². The molecule has 3 heteroatoms. The van der Waals surface area contributed by atoms with Crippen LogP contribution in [0.1, 0.15) is 25.7 Å². The molecular weight excluding hydrogens is 202 g/mol. The minimum Gasteiger partial charge on any atom is -0.310 e. The highest BCUT2D eigenvalue weighted by Gasteiger charge is 2.19. The first-order chi connectivity index (χ1) is 6.36. The van der Waals surface area contributed by atoms with Crippen LogP contribution in [0.25, 0.3) is 0 Å². The molecule has 1 aliphatic rings. The Morgan fingerprint density at radius 2 is 2.08 bits per heavy atom. The first kappa shape index (κ1) is 11.4. The van der Waals surface area contributed by atoms with Crippen molar-refractivity contribution in [1.82, 2.24) is 5.32 Å². The highest BCUT2D eigenvalue weighted by atomic mass is 35.5. The van der Waals surface area contributed by atoms with E-state index in [-0.39, 0.29) is 0 Å². The molecule has 76 valence electrons. The van der Waals surface area contributed by atoms with Crippen molar-refractivity contribution >= 4 is 23.4 Å². The lowest BCUT2D eigenvalue weighted by Crippen LogP contribution is -2.33. The van der Waals surface area contributed by atoms with Crippen LogP contribution < -0.4 is 5.32 Å². The van der Waals surface area contributed by atoms with Gasteiger partial charge in [-0.05, 0) is 31.9 Å². The van der Waals surface area contributed by atoms with E-state index in [1.165, 1.54) is 25.7 Å². The van der Waals surface area contributed by atoms with Gasteiger partial charge in [0.1, 0.15) is 0 Å². The van der Waals surface area contributed by atoms with Gasteiger partial charge in [-0.1, -0.05) is 17.7 Å². The fourth-order valence-electron chi connectivity index (χ4n) is 1.78. The van der Waals surface area contributed by atoms with Gasteiger partial charge in [0.25, 0.3) is 0 Å². The molecule has 0 bridgehead atoms. The molecule has 0 amide bonds. The number of halogens is 1. The van der Waals surface area contributed by atoms with Gasteiger partial charge < -0.3 is 5.32 Å².